The van der Waals surface area contributed by atoms with Gasteiger partial charge in [0.2, 0.25) is 0 Å². The third-order valence-corrected chi connectivity index (χ3v) is 3.71. The zero-order valence-corrected chi connectivity index (χ0v) is 16.4. The van der Waals surface area contributed by atoms with Gasteiger partial charge >= 0.3 is 0 Å². The molecule has 2 aromatic carbocycles. The van der Waals surface area contributed by atoms with E-state index in [4.69, 9.17) is 5.73 Å². The summed E-state index contributed by atoms with van der Waals surface area (Å²) >= 11 is 0. The molecular weight excluding hydrogens is 425 g/mol. The van der Waals surface area contributed by atoms with Crippen molar-refractivity contribution >= 4 is 35.6 Å². The molecule has 130 valence electrons. The van der Waals surface area contributed by atoms with Gasteiger partial charge in [0, 0.05) is 24.6 Å². The summed E-state index contributed by atoms with van der Waals surface area (Å²) in [5.74, 6) is 1.26. The Hall–Kier alpha value is -2.35. The van der Waals surface area contributed by atoms with Gasteiger partial charge in [-0.3, -0.25) is 0 Å². The number of aliphatic imine (C=N–C) groups is 1. The van der Waals surface area contributed by atoms with Crippen molar-refractivity contribution in [2.75, 3.05) is 5.32 Å². The van der Waals surface area contributed by atoms with Crippen LogP contribution in [0.25, 0.3) is 0 Å². The highest BCUT2D eigenvalue weighted by Crippen LogP contribution is 2.09. The number of aromatic nitrogens is 2. The monoisotopic (exact) mass is 447 g/mol. The van der Waals surface area contributed by atoms with E-state index in [1.165, 1.54) is 11.1 Å². The third-order valence-electron chi connectivity index (χ3n) is 3.71. The van der Waals surface area contributed by atoms with Gasteiger partial charge in [0.15, 0.2) is 5.96 Å². The van der Waals surface area contributed by atoms with Crippen molar-refractivity contribution < 1.29 is 0 Å². The number of imidazole rings is 1. The number of hydrogen-bond donors (Lipinski definition) is 2. The minimum Gasteiger partial charge on any atom is -0.370 e. The molecule has 0 saturated carbocycles. The molecule has 0 fully saturated rings. The van der Waals surface area contributed by atoms with Crippen molar-refractivity contribution in [2.45, 2.75) is 20.0 Å². The molecule has 0 bridgehead atoms. The number of benzene rings is 2. The fourth-order valence-corrected chi connectivity index (χ4v) is 2.40. The molecule has 0 saturated heterocycles. The average molecular weight is 447 g/mol. The van der Waals surface area contributed by atoms with Crippen LogP contribution in [0.3, 0.4) is 0 Å². The van der Waals surface area contributed by atoms with Crippen molar-refractivity contribution in [2.24, 2.45) is 10.7 Å². The molecule has 3 aromatic rings. The first-order chi connectivity index (χ1) is 11.7. The maximum absolute atomic E-state index is 5.96. The fourth-order valence-electron chi connectivity index (χ4n) is 2.40. The number of guanidine groups is 1. The van der Waals surface area contributed by atoms with E-state index in [9.17, 15) is 0 Å². The van der Waals surface area contributed by atoms with Crippen molar-refractivity contribution in [1.82, 2.24) is 9.55 Å². The molecule has 1 heterocycles. The fraction of sp³-hybridized carbons (Fsp3) is 0.158. The first-order valence-electron chi connectivity index (χ1n) is 7.88. The van der Waals surface area contributed by atoms with Gasteiger partial charge in [-0.05, 0) is 24.6 Å². The molecule has 1 aromatic heterocycles. The second-order valence-electron chi connectivity index (χ2n) is 5.65. The van der Waals surface area contributed by atoms with E-state index in [0.29, 0.717) is 12.5 Å². The van der Waals surface area contributed by atoms with Crippen LogP contribution in [0.2, 0.25) is 0 Å². The van der Waals surface area contributed by atoms with Gasteiger partial charge in [0.1, 0.15) is 12.4 Å². The minimum absolute atomic E-state index is 0. The van der Waals surface area contributed by atoms with Crippen LogP contribution in [-0.2, 0) is 13.1 Å². The van der Waals surface area contributed by atoms with E-state index in [1.807, 2.05) is 55.6 Å². The summed E-state index contributed by atoms with van der Waals surface area (Å²) in [7, 11) is 0. The van der Waals surface area contributed by atoms with Gasteiger partial charge in [-0.2, -0.15) is 0 Å². The summed E-state index contributed by atoms with van der Waals surface area (Å²) < 4.78 is 2.08. The number of nitrogens with one attached hydrogen (secondary N) is 1. The van der Waals surface area contributed by atoms with Crippen LogP contribution in [0, 0.1) is 6.92 Å². The summed E-state index contributed by atoms with van der Waals surface area (Å²) in [6.45, 7) is 3.26. The van der Waals surface area contributed by atoms with E-state index >= 15 is 0 Å². The van der Waals surface area contributed by atoms with Gasteiger partial charge in [0.25, 0.3) is 0 Å². The molecule has 0 aliphatic heterocycles. The first-order valence-corrected chi connectivity index (χ1v) is 7.88. The zero-order valence-electron chi connectivity index (χ0n) is 14.1. The maximum atomic E-state index is 5.96. The van der Waals surface area contributed by atoms with E-state index in [1.54, 1.807) is 6.20 Å². The molecule has 3 rings (SSSR count). The maximum Gasteiger partial charge on any atom is 0.193 e. The Balaban J connectivity index is 0.00000225. The van der Waals surface area contributed by atoms with Gasteiger partial charge in [-0.15, -0.1) is 24.0 Å². The van der Waals surface area contributed by atoms with E-state index in [-0.39, 0.29) is 24.0 Å². The molecule has 0 atom stereocenters. The standard InChI is InChI=1S/C19H21N5.HI/c1-15-7-9-17(10-8-15)23-19(20)22-13-18-21-11-12-24(18)14-16-5-3-2-4-6-16;/h2-12H,13-14H2,1H3,(H3,20,22,23);1H. The lowest BCUT2D eigenvalue weighted by Crippen LogP contribution is -2.22. The summed E-state index contributed by atoms with van der Waals surface area (Å²) in [4.78, 5) is 8.76. The number of nitrogens with two attached hydrogens (primary N) is 1. The number of halogens is 1. The Morgan fingerprint density at radius 1 is 1.12 bits per heavy atom. The number of nitrogens with zero attached hydrogens (tertiary/aromatic N) is 3. The molecule has 25 heavy (non-hydrogen) atoms. The van der Waals surface area contributed by atoms with Crippen molar-refractivity contribution in [3.63, 3.8) is 0 Å². The smallest absolute Gasteiger partial charge is 0.193 e. The zero-order chi connectivity index (χ0) is 16.8. The van der Waals surface area contributed by atoms with Crippen molar-refractivity contribution in [3.05, 3.63) is 83.9 Å². The Morgan fingerprint density at radius 2 is 1.84 bits per heavy atom. The third kappa shape index (κ3) is 5.60. The second kappa shape index (κ2) is 9.22. The Labute approximate surface area is 165 Å². The molecule has 0 unspecified atom stereocenters. The molecule has 0 spiro atoms. The summed E-state index contributed by atoms with van der Waals surface area (Å²) in [5, 5.41) is 3.09. The highest BCUT2D eigenvalue weighted by molar-refractivity contribution is 14.0. The second-order valence-corrected chi connectivity index (χ2v) is 5.65. The summed E-state index contributed by atoms with van der Waals surface area (Å²) in [6.07, 6.45) is 3.75. The highest BCUT2D eigenvalue weighted by Gasteiger charge is 2.03. The SMILES string of the molecule is Cc1ccc(NC(N)=NCc2nccn2Cc2ccccc2)cc1.I. The highest BCUT2D eigenvalue weighted by atomic mass is 127. The van der Waals surface area contributed by atoms with Crippen molar-refractivity contribution in [1.29, 1.82) is 0 Å². The minimum atomic E-state index is 0. The Morgan fingerprint density at radius 3 is 2.56 bits per heavy atom. The molecule has 0 aliphatic carbocycles. The predicted molar refractivity (Wildman–Crippen MR) is 113 cm³/mol. The lowest BCUT2D eigenvalue weighted by molar-refractivity contribution is 0.724. The lowest BCUT2D eigenvalue weighted by Gasteiger charge is -2.08. The first kappa shape index (κ1) is 19.0. The summed E-state index contributed by atoms with van der Waals surface area (Å²) in [5.41, 5.74) is 9.33. The Bertz CT molecular complexity index is 809. The molecular formula is C19H22IN5. The number of hydrogen-bond acceptors (Lipinski definition) is 2. The summed E-state index contributed by atoms with van der Waals surface area (Å²) in [6, 6.07) is 18.3. The van der Waals surface area contributed by atoms with Crippen LogP contribution >= 0.6 is 24.0 Å². The van der Waals surface area contributed by atoms with Crippen LogP contribution in [0.4, 0.5) is 5.69 Å². The average Bonchev–Trinajstić information content (AvgIpc) is 3.03. The van der Waals surface area contributed by atoms with Gasteiger partial charge < -0.3 is 15.6 Å². The topological polar surface area (TPSA) is 68.2 Å². The van der Waals surface area contributed by atoms with Crippen LogP contribution in [0.5, 0.6) is 0 Å². The van der Waals surface area contributed by atoms with Crippen LogP contribution in [0.15, 0.2) is 72.0 Å². The predicted octanol–water partition coefficient (Wildman–Crippen LogP) is 3.78. The van der Waals surface area contributed by atoms with Gasteiger partial charge in [-0.25, -0.2) is 9.98 Å². The molecule has 0 aliphatic rings. The van der Waals surface area contributed by atoms with E-state index in [2.05, 4.69) is 32.0 Å². The van der Waals surface area contributed by atoms with Gasteiger partial charge in [-0.1, -0.05) is 48.0 Å². The quantitative estimate of drug-likeness (QED) is 0.356. The number of anilines is 1. The Kier molecular flexibility index (Phi) is 7.00. The molecule has 0 amide bonds. The number of aryl methyl sites for hydroxylation is 1. The van der Waals surface area contributed by atoms with E-state index in [0.717, 1.165) is 18.1 Å². The van der Waals surface area contributed by atoms with Crippen LogP contribution in [0.1, 0.15) is 17.0 Å². The molecule has 6 heteroatoms. The van der Waals surface area contributed by atoms with Gasteiger partial charge in [0.05, 0.1) is 0 Å². The molecule has 0 radical (unpaired) electrons. The van der Waals surface area contributed by atoms with Crippen LogP contribution in [-0.4, -0.2) is 15.5 Å². The molecule has 5 nitrogen and oxygen atoms in total. The largest absolute Gasteiger partial charge is 0.370 e. The van der Waals surface area contributed by atoms with E-state index < -0.39 is 0 Å². The van der Waals surface area contributed by atoms with Crippen molar-refractivity contribution in [3.8, 4) is 0 Å². The number of rotatable bonds is 5. The normalized spacial score (nSPS) is 11.0. The van der Waals surface area contributed by atoms with Crippen LogP contribution < -0.4 is 11.1 Å². The lowest BCUT2D eigenvalue weighted by atomic mass is 10.2. The molecule has 3 N–H and O–H groups in total.